The van der Waals surface area contributed by atoms with Gasteiger partial charge in [-0.25, -0.2) is 13.1 Å². The van der Waals surface area contributed by atoms with Crippen LogP contribution in [0.15, 0.2) is 47.6 Å². The third kappa shape index (κ3) is 4.43. The fourth-order valence-electron chi connectivity index (χ4n) is 1.98. The number of nitrogens with one attached hydrogen (secondary N) is 1. The first-order valence-corrected chi connectivity index (χ1v) is 8.61. The number of methoxy groups -OCH3 is 1. The third-order valence-corrected chi connectivity index (χ3v) is 4.79. The monoisotopic (exact) mass is 340 g/mol. The SMILES string of the molecule is COc1ccc(Cl)cc1S(=O)(=O)NCCCc1cccnc1. The van der Waals surface area contributed by atoms with Crippen LogP contribution in [0.3, 0.4) is 0 Å². The molecule has 0 aliphatic carbocycles. The predicted molar refractivity (Wildman–Crippen MR) is 85.8 cm³/mol. The molecule has 0 atom stereocenters. The Morgan fingerprint density at radius 3 is 2.82 bits per heavy atom. The number of nitrogens with zero attached hydrogens (tertiary/aromatic N) is 1. The number of rotatable bonds is 7. The van der Waals surface area contributed by atoms with Gasteiger partial charge in [-0.1, -0.05) is 17.7 Å². The number of aryl methyl sites for hydroxylation is 1. The Balaban J connectivity index is 1.98. The van der Waals surface area contributed by atoms with Gasteiger partial charge in [0.2, 0.25) is 10.0 Å². The van der Waals surface area contributed by atoms with Gasteiger partial charge in [0, 0.05) is 24.0 Å². The summed E-state index contributed by atoms with van der Waals surface area (Å²) in [5.74, 6) is 0.268. The highest BCUT2D eigenvalue weighted by atomic mass is 35.5. The third-order valence-electron chi connectivity index (χ3n) is 3.07. The average molecular weight is 341 g/mol. The van der Waals surface area contributed by atoms with E-state index in [9.17, 15) is 8.42 Å². The molecule has 7 heteroatoms. The molecule has 0 bridgehead atoms. The Morgan fingerprint density at radius 1 is 1.32 bits per heavy atom. The summed E-state index contributed by atoms with van der Waals surface area (Å²) in [6.45, 7) is 0.326. The molecule has 0 amide bonds. The first-order valence-electron chi connectivity index (χ1n) is 6.75. The average Bonchev–Trinajstić information content (AvgIpc) is 2.52. The normalized spacial score (nSPS) is 11.4. The van der Waals surface area contributed by atoms with Crippen LogP contribution >= 0.6 is 11.6 Å². The van der Waals surface area contributed by atoms with Gasteiger partial charge < -0.3 is 4.74 Å². The van der Waals surface area contributed by atoms with E-state index < -0.39 is 10.0 Å². The minimum absolute atomic E-state index is 0.0453. The molecule has 0 aliphatic heterocycles. The lowest BCUT2D eigenvalue weighted by Crippen LogP contribution is -2.25. The predicted octanol–water partition coefficient (Wildman–Crippen LogP) is 2.65. The van der Waals surface area contributed by atoms with Crippen molar-refractivity contribution in [3.63, 3.8) is 0 Å². The van der Waals surface area contributed by atoms with Crippen molar-refractivity contribution in [2.75, 3.05) is 13.7 Å². The molecule has 0 saturated carbocycles. The van der Waals surface area contributed by atoms with Crippen molar-refractivity contribution in [1.82, 2.24) is 9.71 Å². The molecule has 0 saturated heterocycles. The number of halogens is 1. The van der Waals surface area contributed by atoms with Crippen molar-refractivity contribution in [2.24, 2.45) is 0 Å². The summed E-state index contributed by atoms with van der Waals surface area (Å²) in [6.07, 6.45) is 4.91. The Labute approximate surface area is 135 Å². The highest BCUT2D eigenvalue weighted by Gasteiger charge is 2.19. The summed E-state index contributed by atoms with van der Waals surface area (Å²) in [4.78, 5) is 4.07. The van der Waals surface area contributed by atoms with Crippen LogP contribution in [-0.2, 0) is 16.4 Å². The molecule has 118 valence electrons. The van der Waals surface area contributed by atoms with Crippen LogP contribution in [0.25, 0.3) is 0 Å². The fourth-order valence-corrected chi connectivity index (χ4v) is 3.49. The minimum atomic E-state index is -3.66. The largest absolute Gasteiger partial charge is 0.495 e. The zero-order valence-corrected chi connectivity index (χ0v) is 13.7. The minimum Gasteiger partial charge on any atom is -0.495 e. The maximum atomic E-state index is 12.3. The van der Waals surface area contributed by atoms with Crippen LogP contribution in [-0.4, -0.2) is 27.1 Å². The molecule has 0 spiro atoms. The Hall–Kier alpha value is -1.63. The van der Waals surface area contributed by atoms with Gasteiger partial charge in [0.1, 0.15) is 10.6 Å². The van der Waals surface area contributed by atoms with E-state index in [1.165, 1.54) is 19.2 Å². The van der Waals surface area contributed by atoms with Gasteiger partial charge in [-0.05, 0) is 42.7 Å². The zero-order chi connectivity index (χ0) is 16.0. The van der Waals surface area contributed by atoms with E-state index >= 15 is 0 Å². The second kappa shape index (κ2) is 7.58. The van der Waals surface area contributed by atoms with E-state index in [0.29, 0.717) is 18.0 Å². The maximum Gasteiger partial charge on any atom is 0.244 e. The standard InChI is InChI=1S/C15H17ClN2O3S/c1-21-14-7-6-13(16)10-15(14)22(19,20)18-9-3-5-12-4-2-8-17-11-12/h2,4,6-8,10-11,18H,3,5,9H2,1H3. The summed E-state index contributed by atoms with van der Waals surface area (Å²) in [6, 6.07) is 8.32. The van der Waals surface area contributed by atoms with Crippen LogP contribution in [0.4, 0.5) is 0 Å². The fraction of sp³-hybridized carbons (Fsp3) is 0.267. The Kier molecular flexibility index (Phi) is 5.76. The van der Waals surface area contributed by atoms with Gasteiger partial charge >= 0.3 is 0 Å². The van der Waals surface area contributed by atoms with E-state index in [1.807, 2.05) is 12.1 Å². The summed E-state index contributed by atoms with van der Waals surface area (Å²) in [7, 11) is -2.23. The Morgan fingerprint density at radius 2 is 2.14 bits per heavy atom. The molecule has 0 aliphatic rings. The number of aromatic nitrogens is 1. The number of sulfonamides is 1. The number of hydrogen-bond donors (Lipinski definition) is 1. The second-order valence-corrected chi connectivity index (χ2v) is 6.83. The molecule has 1 aromatic heterocycles. The second-order valence-electron chi connectivity index (χ2n) is 4.66. The maximum absolute atomic E-state index is 12.3. The molecular formula is C15H17ClN2O3S. The molecule has 1 N–H and O–H groups in total. The van der Waals surface area contributed by atoms with Crippen LogP contribution in [0, 0.1) is 0 Å². The van der Waals surface area contributed by atoms with Crippen LogP contribution < -0.4 is 9.46 Å². The first-order chi connectivity index (χ1) is 10.5. The van der Waals surface area contributed by atoms with Crippen LogP contribution in [0.5, 0.6) is 5.75 Å². The highest BCUT2D eigenvalue weighted by molar-refractivity contribution is 7.89. The van der Waals surface area contributed by atoms with Gasteiger partial charge in [-0.2, -0.15) is 0 Å². The molecule has 0 fully saturated rings. The number of benzene rings is 1. The molecule has 1 aromatic carbocycles. The lowest BCUT2D eigenvalue weighted by molar-refractivity contribution is 0.402. The molecule has 0 radical (unpaired) electrons. The molecule has 1 heterocycles. The molecule has 0 unspecified atom stereocenters. The van der Waals surface area contributed by atoms with E-state index in [0.717, 1.165) is 12.0 Å². The first kappa shape index (κ1) is 16.7. The van der Waals surface area contributed by atoms with Crippen molar-refractivity contribution in [2.45, 2.75) is 17.7 Å². The van der Waals surface area contributed by atoms with E-state index in [-0.39, 0.29) is 10.6 Å². The van der Waals surface area contributed by atoms with Crippen LogP contribution in [0.1, 0.15) is 12.0 Å². The number of ether oxygens (including phenoxy) is 1. The van der Waals surface area contributed by atoms with Crippen molar-refractivity contribution >= 4 is 21.6 Å². The summed E-state index contributed by atoms with van der Waals surface area (Å²) in [5.41, 5.74) is 1.07. The van der Waals surface area contributed by atoms with Crippen molar-refractivity contribution in [1.29, 1.82) is 0 Å². The van der Waals surface area contributed by atoms with E-state index in [2.05, 4.69) is 9.71 Å². The molecule has 22 heavy (non-hydrogen) atoms. The van der Waals surface area contributed by atoms with Gasteiger partial charge in [0.15, 0.2) is 0 Å². The Bertz CT molecular complexity index is 721. The number of pyridine rings is 1. The van der Waals surface area contributed by atoms with Crippen LogP contribution in [0.2, 0.25) is 5.02 Å². The summed E-state index contributed by atoms with van der Waals surface area (Å²) >= 11 is 5.87. The van der Waals surface area contributed by atoms with Gasteiger partial charge in [-0.15, -0.1) is 0 Å². The van der Waals surface area contributed by atoms with Crippen molar-refractivity contribution in [3.8, 4) is 5.75 Å². The van der Waals surface area contributed by atoms with Gasteiger partial charge in [-0.3, -0.25) is 4.98 Å². The quantitative estimate of drug-likeness (QED) is 0.787. The van der Waals surface area contributed by atoms with Crippen molar-refractivity contribution < 1.29 is 13.2 Å². The molecular weight excluding hydrogens is 324 g/mol. The van der Waals surface area contributed by atoms with Crippen molar-refractivity contribution in [3.05, 3.63) is 53.3 Å². The van der Waals surface area contributed by atoms with E-state index in [4.69, 9.17) is 16.3 Å². The summed E-state index contributed by atoms with van der Waals surface area (Å²) < 4.78 is 32.3. The summed E-state index contributed by atoms with van der Waals surface area (Å²) in [5, 5.41) is 0.344. The molecule has 2 rings (SSSR count). The van der Waals surface area contributed by atoms with Gasteiger partial charge in [0.05, 0.1) is 7.11 Å². The van der Waals surface area contributed by atoms with E-state index in [1.54, 1.807) is 18.5 Å². The lowest BCUT2D eigenvalue weighted by atomic mass is 10.2. The molecule has 2 aromatic rings. The number of hydrogen-bond acceptors (Lipinski definition) is 4. The smallest absolute Gasteiger partial charge is 0.244 e. The topological polar surface area (TPSA) is 68.3 Å². The molecule has 5 nitrogen and oxygen atoms in total. The zero-order valence-electron chi connectivity index (χ0n) is 12.1. The van der Waals surface area contributed by atoms with Gasteiger partial charge in [0.25, 0.3) is 0 Å². The lowest BCUT2D eigenvalue weighted by Gasteiger charge is -2.11. The highest BCUT2D eigenvalue weighted by Crippen LogP contribution is 2.26.